The molecule has 1 rings (SSSR count). The van der Waals surface area contributed by atoms with Crippen molar-refractivity contribution < 1.29 is 14.3 Å². The van der Waals surface area contributed by atoms with Gasteiger partial charge >= 0.3 is 5.97 Å². The number of hydrogen-bond acceptors (Lipinski definition) is 3. The van der Waals surface area contributed by atoms with Crippen LogP contribution in [0.15, 0.2) is 0 Å². The Morgan fingerprint density at radius 1 is 1.50 bits per heavy atom. The van der Waals surface area contributed by atoms with Gasteiger partial charge in [-0.05, 0) is 12.3 Å². The highest BCUT2D eigenvalue weighted by molar-refractivity contribution is 5.83. The molecule has 4 heteroatoms. The van der Waals surface area contributed by atoms with Gasteiger partial charge in [0.1, 0.15) is 6.10 Å². The SMILES string of the molecule is CC(C)CC1C(=O)OC1C(C)C(N)=O. The fraction of sp³-hybridized carbons (Fsp3) is 0.800. The average molecular weight is 199 g/mol. The lowest BCUT2D eigenvalue weighted by Gasteiger charge is -2.38. The van der Waals surface area contributed by atoms with Crippen LogP contribution in [0.3, 0.4) is 0 Å². The number of amides is 1. The fourth-order valence-corrected chi connectivity index (χ4v) is 1.72. The molecule has 1 fully saturated rings. The van der Waals surface area contributed by atoms with E-state index in [0.29, 0.717) is 5.92 Å². The quantitative estimate of drug-likeness (QED) is 0.677. The van der Waals surface area contributed by atoms with Gasteiger partial charge in [0.05, 0.1) is 11.8 Å². The van der Waals surface area contributed by atoms with E-state index < -0.39 is 5.91 Å². The molecule has 0 aromatic rings. The van der Waals surface area contributed by atoms with Crippen LogP contribution in [-0.4, -0.2) is 18.0 Å². The van der Waals surface area contributed by atoms with Crippen molar-refractivity contribution in [1.29, 1.82) is 0 Å². The Morgan fingerprint density at radius 3 is 2.43 bits per heavy atom. The molecule has 0 bridgehead atoms. The first-order valence-corrected chi connectivity index (χ1v) is 4.93. The van der Waals surface area contributed by atoms with Gasteiger partial charge in [0.15, 0.2) is 0 Å². The Labute approximate surface area is 83.8 Å². The number of carbonyl (C=O) groups is 2. The molecule has 1 heterocycles. The molecule has 0 saturated carbocycles. The van der Waals surface area contributed by atoms with E-state index in [4.69, 9.17) is 10.5 Å². The first kappa shape index (κ1) is 11.0. The zero-order valence-corrected chi connectivity index (χ0v) is 8.82. The Kier molecular flexibility index (Phi) is 3.13. The summed E-state index contributed by atoms with van der Waals surface area (Å²) in [4.78, 5) is 22.0. The largest absolute Gasteiger partial charge is 0.460 e. The van der Waals surface area contributed by atoms with E-state index in [-0.39, 0.29) is 23.9 Å². The van der Waals surface area contributed by atoms with Gasteiger partial charge in [-0.25, -0.2) is 0 Å². The van der Waals surface area contributed by atoms with Crippen molar-refractivity contribution >= 4 is 11.9 Å². The van der Waals surface area contributed by atoms with E-state index in [0.717, 1.165) is 6.42 Å². The summed E-state index contributed by atoms with van der Waals surface area (Å²) in [7, 11) is 0. The topological polar surface area (TPSA) is 69.4 Å². The molecule has 0 aliphatic carbocycles. The summed E-state index contributed by atoms with van der Waals surface area (Å²) in [6.45, 7) is 5.78. The van der Waals surface area contributed by atoms with Gasteiger partial charge in [0.25, 0.3) is 0 Å². The molecule has 1 aliphatic rings. The van der Waals surface area contributed by atoms with Crippen LogP contribution in [0.1, 0.15) is 27.2 Å². The third kappa shape index (κ3) is 2.05. The van der Waals surface area contributed by atoms with Crippen LogP contribution in [0, 0.1) is 17.8 Å². The molecular formula is C10H17NO3. The van der Waals surface area contributed by atoms with Crippen molar-refractivity contribution in [3.05, 3.63) is 0 Å². The Balaban J connectivity index is 2.56. The molecule has 4 nitrogen and oxygen atoms in total. The number of ether oxygens (including phenoxy) is 1. The zero-order valence-electron chi connectivity index (χ0n) is 8.82. The van der Waals surface area contributed by atoms with E-state index in [9.17, 15) is 9.59 Å². The molecule has 1 amide bonds. The Morgan fingerprint density at radius 2 is 2.07 bits per heavy atom. The van der Waals surface area contributed by atoms with E-state index in [2.05, 4.69) is 0 Å². The smallest absolute Gasteiger partial charge is 0.313 e. The highest BCUT2D eigenvalue weighted by atomic mass is 16.6. The summed E-state index contributed by atoms with van der Waals surface area (Å²) in [6, 6.07) is 0. The van der Waals surface area contributed by atoms with Gasteiger partial charge in [0, 0.05) is 0 Å². The van der Waals surface area contributed by atoms with Crippen molar-refractivity contribution in [1.82, 2.24) is 0 Å². The molecule has 1 aliphatic heterocycles. The maximum Gasteiger partial charge on any atom is 0.313 e. The van der Waals surface area contributed by atoms with E-state index in [1.807, 2.05) is 13.8 Å². The molecule has 0 radical (unpaired) electrons. The Bertz CT molecular complexity index is 250. The summed E-state index contributed by atoms with van der Waals surface area (Å²) < 4.78 is 4.94. The number of hydrogen-bond donors (Lipinski definition) is 1. The second-order valence-corrected chi connectivity index (χ2v) is 4.33. The van der Waals surface area contributed by atoms with E-state index in [1.54, 1.807) is 6.92 Å². The maximum absolute atomic E-state index is 11.1. The van der Waals surface area contributed by atoms with Crippen molar-refractivity contribution in [2.45, 2.75) is 33.3 Å². The average Bonchev–Trinajstić information content (AvgIpc) is 2.09. The van der Waals surface area contributed by atoms with Crippen molar-refractivity contribution in [3.8, 4) is 0 Å². The molecule has 14 heavy (non-hydrogen) atoms. The standard InChI is InChI=1S/C10H17NO3/c1-5(2)4-7-8(14-10(7)13)6(3)9(11)12/h5-8H,4H2,1-3H3,(H2,11,12). The molecule has 0 spiro atoms. The number of esters is 1. The highest BCUT2D eigenvalue weighted by Crippen LogP contribution is 2.33. The van der Waals surface area contributed by atoms with Crippen LogP contribution in [0.2, 0.25) is 0 Å². The lowest BCUT2D eigenvalue weighted by atomic mass is 9.82. The third-order valence-electron chi connectivity index (χ3n) is 2.62. The maximum atomic E-state index is 11.1. The number of nitrogens with two attached hydrogens (primary N) is 1. The Hall–Kier alpha value is -1.06. The molecule has 3 unspecified atom stereocenters. The summed E-state index contributed by atoms with van der Waals surface area (Å²) in [5, 5.41) is 0. The van der Waals surface area contributed by atoms with Crippen LogP contribution in [-0.2, 0) is 14.3 Å². The zero-order chi connectivity index (χ0) is 10.9. The molecule has 1 saturated heterocycles. The molecule has 0 aromatic heterocycles. The third-order valence-corrected chi connectivity index (χ3v) is 2.62. The van der Waals surface area contributed by atoms with Gasteiger partial charge in [-0.2, -0.15) is 0 Å². The second kappa shape index (κ2) is 3.98. The van der Waals surface area contributed by atoms with Crippen LogP contribution in [0.5, 0.6) is 0 Å². The molecular weight excluding hydrogens is 182 g/mol. The van der Waals surface area contributed by atoms with Crippen LogP contribution >= 0.6 is 0 Å². The van der Waals surface area contributed by atoms with Crippen LogP contribution < -0.4 is 5.73 Å². The van der Waals surface area contributed by atoms with E-state index in [1.165, 1.54) is 0 Å². The van der Waals surface area contributed by atoms with Gasteiger partial charge in [-0.3, -0.25) is 9.59 Å². The lowest BCUT2D eigenvalue weighted by Crippen LogP contribution is -2.52. The van der Waals surface area contributed by atoms with Gasteiger partial charge in [0.2, 0.25) is 5.91 Å². The minimum atomic E-state index is -0.406. The minimum absolute atomic E-state index is 0.141. The molecule has 0 aromatic carbocycles. The van der Waals surface area contributed by atoms with Gasteiger partial charge in [-0.15, -0.1) is 0 Å². The van der Waals surface area contributed by atoms with Crippen molar-refractivity contribution in [2.24, 2.45) is 23.5 Å². The number of carbonyl (C=O) groups excluding carboxylic acids is 2. The van der Waals surface area contributed by atoms with Crippen LogP contribution in [0.25, 0.3) is 0 Å². The predicted molar refractivity (Wildman–Crippen MR) is 51.2 cm³/mol. The van der Waals surface area contributed by atoms with Gasteiger partial charge < -0.3 is 10.5 Å². The molecule has 80 valence electrons. The van der Waals surface area contributed by atoms with Crippen molar-refractivity contribution in [3.63, 3.8) is 0 Å². The minimum Gasteiger partial charge on any atom is -0.460 e. The highest BCUT2D eigenvalue weighted by Gasteiger charge is 2.46. The summed E-state index contributed by atoms with van der Waals surface area (Å²) in [6.07, 6.45) is 0.462. The number of primary amides is 1. The predicted octanol–water partition coefficient (Wildman–Crippen LogP) is 0.695. The summed E-state index contributed by atoms with van der Waals surface area (Å²) in [5.74, 6) is -0.697. The first-order chi connectivity index (χ1) is 6.43. The lowest BCUT2D eigenvalue weighted by molar-refractivity contribution is -0.192. The first-order valence-electron chi connectivity index (χ1n) is 4.93. The number of rotatable bonds is 4. The second-order valence-electron chi connectivity index (χ2n) is 4.33. The molecule has 2 N–H and O–H groups in total. The number of cyclic esters (lactones) is 1. The van der Waals surface area contributed by atoms with Crippen LogP contribution in [0.4, 0.5) is 0 Å². The van der Waals surface area contributed by atoms with Gasteiger partial charge in [-0.1, -0.05) is 20.8 Å². The summed E-state index contributed by atoms with van der Waals surface area (Å²) in [5.41, 5.74) is 5.15. The molecule has 3 atom stereocenters. The normalized spacial score (nSPS) is 28.1. The summed E-state index contributed by atoms with van der Waals surface area (Å²) >= 11 is 0. The van der Waals surface area contributed by atoms with Crippen molar-refractivity contribution in [2.75, 3.05) is 0 Å². The fourth-order valence-electron chi connectivity index (χ4n) is 1.72. The monoisotopic (exact) mass is 199 g/mol. The van der Waals surface area contributed by atoms with E-state index >= 15 is 0 Å².